The molecule has 4 rings (SSSR count). The molecule has 2 aromatic heterocycles. The molecule has 1 amide bonds. The standard InChI is InChI=1S/C18H18ClN3O4S3/c1-26-13-8-7-11(19)16-15(13)20-18(28-16)21-17(23)12-5-2-3-9-22(12)29(24,25)14-6-4-10-27-14/h4,6-8,10,12H,2-3,5,9H2,1H3,(H,20,21,23). The fourth-order valence-electron chi connectivity index (χ4n) is 3.34. The van der Waals surface area contributed by atoms with E-state index in [2.05, 4.69) is 10.3 Å². The van der Waals surface area contributed by atoms with E-state index in [0.717, 1.165) is 24.2 Å². The third-order valence-corrected chi connectivity index (χ3v) is 9.44. The molecule has 1 atom stereocenters. The average Bonchev–Trinajstić information content (AvgIpc) is 3.39. The zero-order valence-electron chi connectivity index (χ0n) is 15.4. The number of thiazole rings is 1. The number of piperidine rings is 1. The molecular formula is C18H18ClN3O4S3. The van der Waals surface area contributed by atoms with Crippen LogP contribution in [0.15, 0.2) is 33.9 Å². The van der Waals surface area contributed by atoms with Crippen molar-refractivity contribution in [1.82, 2.24) is 9.29 Å². The fourth-order valence-corrected chi connectivity index (χ4v) is 7.27. The van der Waals surface area contributed by atoms with Gasteiger partial charge in [-0.2, -0.15) is 4.31 Å². The highest BCUT2D eigenvalue weighted by Crippen LogP contribution is 2.37. The zero-order valence-corrected chi connectivity index (χ0v) is 18.6. The molecule has 1 unspecified atom stereocenters. The van der Waals surface area contributed by atoms with Gasteiger partial charge in [0.1, 0.15) is 21.5 Å². The number of nitrogens with zero attached hydrogens (tertiary/aromatic N) is 2. The Hall–Kier alpha value is -1.72. The summed E-state index contributed by atoms with van der Waals surface area (Å²) < 4.78 is 33.5. The van der Waals surface area contributed by atoms with Gasteiger partial charge in [-0.05, 0) is 36.4 Å². The third kappa shape index (κ3) is 3.87. The number of aromatic nitrogens is 1. The molecule has 29 heavy (non-hydrogen) atoms. The number of methoxy groups -OCH3 is 1. The smallest absolute Gasteiger partial charge is 0.253 e. The molecular weight excluding hydrogens is 454 g/mol. The first-order valence-corrected chi connectivity index (χ1v) is 12.4. The minimum absolute atomic E-state index is 0.244. The van der Waals surface area contributed by atoms with Gasteiger partial charge in [-0.3, -0.25) is 4.79 Å². The van der Waals surface area contributed by atoms with E-state index in [9.17, 15) is 13.2 Å². The summed E-state index contributed by atoms with van der Waals surface area (Å²) in [7, 11) is -2.18. The van der Waals surface area contributed by atoms with Gasteiger partial charge in [0.15, 0.2) is 5.13 Å². The van der Waals surface area contributed by atoms with E-state index in [-0.39, 0.29) is 10.1 Å². The van der Waals surface area contributed by atoms with Crippen molar-refractivity contribution in [3.05, 3.63) is 34.7 Å². The van der Waals surface area contributed by atoms with E-state index >= 15 is 0 Å². The number of nitrogens with one attached hydrogen (secondary N) is 1. The predicted molar refractivity (Wildman–Crippen MR) is 116 cm³/mol. The Kier molecular flexibility index (Phi) is 5.80. The topological polar surface area (TPSA) is 88.6 Å². The number of ether oxygens (including phenoxy) is 1. The van der Waals surface area contributed by atoms with E-state index in [1.807, 2.05) is 0 Å². The van der Waals surface area contributed by atoms with Gasteiger partial charge in [0.2, 0.25) is 5.91 Å². The molecule has 0 bridgehead atoms. The van der Waals surface area contributed by atoms with E-state index in [1.165, 1.54) is 22.8 Å². The second kappa shape index (κ2) is 8.19. The first-order valence-electron chi connectivity index (χ1n) is 8.91. The second-order valence-corrected chi connectivity index (χ2v) is 11.0. The SMILES string of the molecule is COc1ccc(Cl)c2sc(NC(=O)C3CCCCN3S(=O)(=O)c3cccs3)nc12. The number of anilines is 1. The molecule has 0 saturated carbocycles. The van der Waals surface area contributed by atoms with Crippen molar-refractivity contribution in [3.8, 4) is 5.75 Å². The molecule has 0 aliphatic carbocycles. The number of fused-ring (bicyclic) bond motifs is 1. The molecule has 1 aromatic carbocycles. The molecule has 1 fully saturated rings. The number of carbonyl (C=O) groups excluding carboxylic acids is 1. The van der Waals surface area contributed by atoms with Crippen LogP contribution in [0, 0.1) is 0 Å². The van der Waals surface area contributed by atoms with Crippen LogP contribution in [0.25, 0.3) is 10.2 Å². The van der Waals surface area contributed by atoms with Gasteiger partial charge in [0.05, 0.1) is 16.8 Å². The Morgan fingerprint density at radius 3 is 2.90 bits per heavy atom. The maximum atomic E-state index is 13.0. The van der Waals surface area contributed by atoms with Crippen LogP contribution in [-0.4, -0.2) is 43.3 Å². The van der Waals surface area contributed by atoms with Crippen molar-refractivity contribution < 1.29 is 17.9 Å². The Morgan fingerprint density at radius 1 is 1.34 bits per heavy atom. The Labute approximate surface area is 181 Å². The van der Waals surface area contributed by atoms with Crippen molar-refractivity contribution in [1.29, 1.82) is 0 Å². The lowest BCUT2D eigenvalue weighted by molar-refractivity contribution is -0.120. The van der Waals surface area contributed by atoms with Gasteiger partial charge in [0, 0.05) is 6.54 Å². The lowest BCUT2D eigenvalue weighted by Gasteiger charge is -2.32. The molecule has 3 heterocycles. The minimum atomic E-state index is -3.71. The zero-order chi connectivity index (χ0) is 20.6. The van der Waals surface area contributed by atoms with Crippen LogP contribution < -0.4 is 10.1 Å². The number of rotatable bonds is 5. The molecule has 7 nitrogen and oxygen atoms in total. The summed E-state index contributed by atoms with van der Waals surface area (Å²) in [5, 5.41) is 5.36. The van der Waals surface area contributed by atoms with Gasteiger partial charge in [-0.25, -0.2) is 13.4 Å². The van der Waals surface area contributed by atoms with Crippen LogP contribution in [0.3, 0.4) is 0 Å². The molecule has 1 aliphatic rings. The highest BCUT2D eigenvalue weighted by Gasteiger charge is 2.38. The first-order chi connectivity index (χ1) is 13.9. The summed E-state index contributed by atoms with van der Waals surface area (Å²) in [6, 6.07) is 5.90. The summed E-state index contributed by atoms with van der Waals surface area (Å²) in [6.07, 6.45) is 1.97. The van der Waals surface area contributed by atoms with Crippen LogP contribution in [-0.2, 0) is 14.8 Å². The number of carbonyl (C=O) groups is 1. The van der Waals surface area contributed by atoms with Gasteiger partial charge in [0.25, 0.3) is 10.0 Å². The molecule has 0 radical (unpaired) electrons. The Bertz CT molecular complexity index is 1140. The molecule has 1 saturated heterocycles. The number of thiophene rings is 1. The number of hydrogen-bond acceptors (Lipinski definition) is 7. The van der Waals surface area contributed by atoms with Crippen molar-refractivity contribution in [2.75, 3.05) is 19.0 Å². The molecule has 3 aromatic rings. The molecule has 0 spiro atoms. The number of amides is 1. The Balaban J connectivity index is 1.61. The second-order valence-electron chi connectivity index (χ2n) is 6.50. The lowest BCUT2D eigenvalue weighted by atomic mass is 10.0. The van der Waals surface area contributed by atoms with Crippen LogP contribution >= 0.6 is 34.3 Å². The number of sulfonamides is 1. The van der Waals surface area contributed by atoms with E-state index < -0.39 is 16.1 Å². The lowest BCUT2D eigenvalue weighted by Crippen LogP contribution is -2.49. The largest absolute Gasteiger partial charge is 0.494 e. The third-order valence-electron chi connectivity index (χ3n) is 4.72. The monoisotopic (exact) mass is 471 g/mol. The van der Waals surface area contributed by atoms with E-state index in [0.29, 0.717) is 39.1 Å². The van der Waals surface area contributed by atoms with Crippen molar-refractivity contribution in [3.63, 3.8) is 0 Å². The molecule has 154 valence electrons. The molecule has 11 heteroatoms. The van der Waals surface area contributed by atoms with Crippen molar-refractivity contribution >= 4 is 65.6 Å². The van der Waals surface area contributed by atoms with Crippen LogP contribution in [0.1, 0.15) is 19.3 Å². The average molecular weight is 472 g/mol. The van der Waals surface area contributed by atoms with Gasteiger partial charge < -0.3 is 10.1 Å². The predicted octanol–water partition coefficient (Wildman–Crippen LogP) is 4.20. The summed E-state index contributed by atoms with van der Waals surface area (Å²) in [5.74, 6) is 0.166. The first kappa shape index (κ1) is 20.5. The van der Waals surface area contributed by atoms with E-state index in [1.54, 1.807) is 29.6 Å². The fraction of sp³-hybridized carbons (Fsp3) is 0.333. The summed E-state index contributed by atoms with van der Waals surface area (Å²) >= 11 is 8.62. The van der Waals surface area contributed by atoms with Gasteiger partial charge in [-0.1, -0.05) is 35.4 Å². The molecule has 1 N–H and O–H groups in total. The van der Waals surface area contributed by atoms with E-state index in [4.69, 9.17) is 16.3 Å². The van der Waals surface area contributed by atoms with Crippen LogP contribution in [0.4, 0.5) is 5.13 Å². The number of halogens is 1. The number of hydrogen-bond donors (Lipinski definition) is 1. The Morgan fingerprint density at radius 2 is 2.17 bits per heavy atom. The van der Waals surface area contributed by atoms with Gasteiger partial charge in [-0.15, -0.1) is 11.3 Å². The van der Waals surface area contributed by atoms with Crippen LogP contribution in [0.5, 0.6) is 5.75 Å². The quantitative estimate of drug-likeness (QED) is 0.602. The maximum absolute atomic E-state index is 13.0. The normalized spacial score (nSPS) is 18.1. The molecule has 1 aliphatic heterocycles. The maximum Gasteiger partial charge on any atom is 0.253 e. The summed E-state index contributed by atoms with van der Waals surface area (Å²) in [5.41, 5.74) is 0.562. The van der Waals surface area contributed by atoms with Gasteiger partial charge >= 0.3 is 0 Å². The van der Waals surface area contributed by atoms with Crippen molar-refractivity contribution in [2.24, 2.45) is 0 Å². The summed E-state index contributed by atoms with van der Waals surface area (Å²) in [6.45, 7) is 0.317. The van der Waals surface area contributed by atoms with Crippen molar-refractivity contribution in [2.45, 2.75) is 29.5 Å². The highest BCUT2D eigenvalue weighted by atomic mass is 35.5. The number of benzene rings is 1. The summed E-state index contributed by atoms with van der Waals surface area (Å²) in [4.78, 5) is 17.4. The highest BCUT2D eigenvalue weighted by molar-refractivity contribution is 7.91. The minimum Gasteiger partial charge on any atom is -0.494 e. The van der Waals surface area contributed by atoms with Crippen LogP contribution in [0.2, 0.25) is 5.02 Å².